The fourth-order valence-electron chi connectivity index (χ4n) is 2.36. The van der Waals surface area contributed by atoms with Crippen molar-refractivity contribution in [2.45, 2.75) is 32.5 Å². The first-order chi connectivity index (χ1) is 12.4. The summed E-state index contributed by atoms with van der Waals surface area (Å²) in [7, 11) is 1.82. The van der Waals surface area contributed by atoms with Gasteiger partial charge in [0.2, 0.25) is 11.8 Å². The molecule has 7 heteroatoms. The van der Waals surface area contributed by atoms with Gasteiger partial charge in [0.05, 0.1) is 12.3 Å². The zero-order chi connectivity index (χ0) is 18.7. The van der Waals surface area contributed by atoms with Crippen LogP contribution in [0.5, 0.6) is 0 Å². The Morgan fingerprint density at radius 1 is 1.15 bits per heavy atom. The van der Waals surface area contributed by atoms with Crippen molar-refractivity contribution < 1.29 is 9.21 Å². The molecule has 5 nitrogen and oxygen atoms in total. The summed E-state index contributed by atoms with van der Waals surface area (Å²) in [6.07, 6.45) is 0. The molecule has 1 amide bonds. The van der Waals surface area contributed by atoms with Crippen LogP contribution in [0.1, 0.15) is 21.6 Å². The molecule has 0 aliphatic carbocycles. The minimum atomic E-state index is 0.0359. The minimum absolute atomic E-state index is 0.0359. The Morgan fingerprint density at radius 2 is 1.96 bits per heavy atom. The van der Waals surface area contributed by atoms with E-state index in [9.17, 15) is 4.79 Å². The van der Waals surface area contributed by atoms with Crippen molar-refractivity contribution in [3.05, 3.63) is 51.2 Å². The molecule has 0 spiro atoms. The highest BCUT2D eigenvalue weighted by atomic mass is 32.2. The number of nitrogens with zero attached hydrogens (tertiary/aromatic N) is 3. The van der Waals surface area contributed by atoms with E-state index in [4.69, 9.17) is 4.42 Å². The quantitative estimate of drug-likeness (QED) is 0.584. The predicted molar refractivity (Wildman–Crippen MR) is 105 cm³/mol. The second kappa shape index (κ2) is 8.05. The number of aromatic nitrogens is 2. The smallest absolute Gasteiger partial charge is 0.277 e. The first kappa shape index (κ1) is 18.7. The van der Waals surface area contributed by atoms with E-state index >= 15 is 0 Å². The lowest BCUT2D eigenvalue weighted by Crippen LogP contribution is -2.27. The molecule has 0 aliphatic heterocycles. The topological polar surface area (TPSA) is 59.2 Å². The van der Waals surface area contributed by atoms with E-state index in [0.29, 0.717) is 17.7 Å². The lowest BCUT2D eigenvalue weighted by Gasteiger charge is -2.16. The van der Waals surface area contributed by atoms with Crippen LogP contribution in [0, 0.1) is 20.8 Å². The molecule has 2 aromatic heterocycles. The van der Waals surface area contributed by atoms with Crippen LogP contribution in [0.3, 0.4) is 0 Å². The second-order valence-electron chi connectivity index (χ2n) is 6.24. The third kappa shape index (κ3) is 4.34. The van der Waals surface area contributed by atoms with E-state index in [1.54, 1.807) is 16.2 Å². The number of carbonyl (C=O) groups is 1. The zero-order valence-corrected chi connectivity index (χ0v) is 16.9. The Morgan fingerprint density at radius 3 is 2.65 bits per heavy atom. The Balaban J connectivity index is 1.58. The molecule has 0 N–H and O–H groups in total. The molecule has 26 heavy (non-hydrogen) atoms. The lowest BCUT2D eigenvalue weighted by atomic mass is 10.1. The summed E-state index contributed by atoms with van der Waals surface area (Å²) in [6, 6.07) is 8.10. The predicted octanol–water partition coefficient (Wildman–Crippen LogP) is 4.47. The number of hydrogen-bond acceptors (Lipinski definition) is 6. The van der Waals surface area contributed by atoms with Gasteiger partial charge in [-0.05, 0) is 61.0 Å². The maximum Gasteiger partial charge on any atom is 0.277 e. The van der Waals surface area contributed by atoms with Crippen LogP contribution < -0.4 is 0 Å². The van der Waals surface area contributed by atoms with Crippen molar-refractivity contribution >= 4 is 29.0 Å². The lowest BCUT2D eigenvalue weighted by molar-refractivity contribution is -0.127. The standard InChI is InChI=1S/C19H21N3O2S2/c1-12-5-6-15(9-14(12)3)18-20-21-19(24-18)26-11-17(23)22(4)10-16-13(2)7-8-25-16/h5-9H,10-11H2,1-4H3. The van der Waals surface area contributed by atoms with Gasteiger partial charge < -0.3 is 9.32 Å². The number of hydrogen-bond donors (Lipinski definition) is 0. The van der Waals surface area contributed by atoms with Crippen LogP contribution in [0.2, 0.25) is 0 Å². The van der Waals surface area contributed by atoms with E-state index < -0.39 is 0 Å². The van der Waals surface area contributed by atoms with E-state index in [-0.39, 0.29) is 11.7 Å². The Kier molecular flexibility index (Phi) is 5.78. The molecular weight excluding hydrogens is 366 g/mol. The molecule has 2 heterocycles. The van der Waals surface area contributed by atoms with Gasteiger partial charge in [-0.2, -0.15) is 0 Å². The summed E-state index contributed by atoms with van der Waals surface area (Å²) >= 11 is 2.94. The van der Waals surface area contributed by atoms with Gasteiger partial charge in [0.1, 0.15) is 0 Å². The van der Waals surface area contributed by atoms with Crippen LogP contribution in [0.4, 0.5) is 0 Å². The highest BCUT2D eigenvalue weighted by molar-refractivity contribution is 7.99. The van der Waals surface area contributed by atoms with Crippen LogP contribution in [0.15, 0.2) is 39.3 Å². The number of amides is 1. The first-order valence-electron chi connectivity index (χ1n) is 8.25. The van der Waals surface area contributed by atoms with Crippen LogP contribution in [-0.4, -0.2) is 33.8 Å². The normalized spacial score (nSPS) is 10.9. The number of thiophene rings is 1. The fourth-order valence-corrected chi connectivity index (χ4v) is 4.02. The molecule has 0 bridgehead atoms. The van der Waals surface area contributed by atoms with E-state index in [1.165, 1.54) is 33.3 Å². The molecule has 0 atom stereocenters. The van der Waals surface area contributed by atoms with Crippen molar-refractivity contribution in [3.8, 4) is 11.5 Å². The highest BCUT2D eigenvalue weighted by Gasteiger charge is 2.15. The molecule has 1 aromatic carbocycles. The zero-order valence-electron chi connectivity index (χ0n) is 15.3. The SMILES string of the molecule is Cc1ccc(-c2nnc(SCC(=O)N(C)Cc3sccc3C)o2)cc1C. The van der Waals surface area contributed by atoms with Crippen LogP contribution in [0.25, 0.3) is 11.5 Å². The number of carbonyl (C=O) groups excluding carboxylic acids is 1. The van der Waals surface area contributed by atoms with E-state index in [1.807, 2.05) is 30.6 Å². The summed E-state index contributed by atoms with van der Waals surface area (Å²) in [4.78, 5) is 15.3. The van der Waals surface area contributed by atoms with Crippen LogP contribution >= 0.6 is 23.1 Å². The van der Waals surface area contributed by atoms with Crippen molar-refractivity contribution in [2.24, 2.45) is 0 Å². The van der Waals surface area contributed by atoms with E-state index in [0.717, 1.165) is 5.56 Å². The average molecular weight is 388 g/mol. The van der Waals surface area contributed by atoms with Gasteiger partial charge in [-0.15, -0.1) is 21.5 Å². The maximum absolute atomic E-state index is 12.3. The first-order valence-corrected chi connectivity index (χ1v) is 10.1. The summed E-state index contributed by atoms with van der Waals surface area (Å²) in [5.41, 5.74) is 4.51. The van der Waals surface area contributed by atoms with Gasteiger partial charge in [0.25, 0.3) is 5.22 Å². The summed E-state index contributed by atoms with van der Waals surface area (Å²) in [5.74, 6) is 0.787. The van der Waals surface area contributed by atoms with Gasteiger partial charge in [-0.3, -0.25) is 4.79 Å². The number of aryl methyl sites for hydroxylation is 3. The van der Waals surface area contributed by atoms with Gasteiger partial charge in [-0.25, -0.2) is 0 Å². The molecule has 0 aliphatic rings. The third-order valence-electron chi connectivity index (χ3n) is 4.25. The summed E-state index contributed by atoms with van der Waals surface area (Å²) in [6.45, 7) is 6.80. The number of thioether (sulfide) groups is 1. The molecule has 0 saturated heterocycles. The molecule has 0 saturated carbocycles. The molecule has 3 aromatic rings. The number of benzene rings is 1. The van der Waals surface area contributed by atoms with Gasteiger partial charge >= 0.3 is 0 Å². The Labute approximate surface area is 161 Å². The number of rotatable bonds is 6. The molecule has 0 radical (unpaired) electrons. The fraction of sp³-hybridized carbons (Fsp3) is 0.316. The van der Waals surface area contributed by atoms with Crippen molar-refractivity contribution in [3.63, 3.8) is 0 Å². The summed E-state index contributed by atoms with van der Waals surface area (Å²) < 4.78 is 5.69. The van der Waals surface area contributed by atoms with E-state index in [2.05, 4.69) is 37.0 Å². The van der Waals surface area contributed by atoms with Crippen molar-refractivity contribution in [2.75, 3.05) is 12.8 Å². The molecule has 0 fully saturated rings. The largest absolute Gasteiger partial charge is 0.411 e. The van der Waals surface area contributed by atoms with Crippen LogP contribution in [-0.2, 0) is 11.3 Å². The maximum atomic E-state index is 12.3. The van der Waals surface area contributed by atoms with Crippen molar-refractivity contribution in [1.29, 1.82) is 0 Å². The molecule has 0 unspecified atom stereocenters. The average Bonchev–Trinajstić information content (AvgIpc) is 3.25. The molecule has 3 rings (SSSR count). The molecule has 136 valence electrons. The van der Waals surface area contributed by atoms with Gasteiger partial charge in [0, 0.05) is 17.5 Å². The summed E-state index contributed by atoms with van der Waals surface area (Å²) in [5, 5.41) is 10.6. The molecular formula is C19H21N3O2S2. The minimum Gasteiger partial charge on any atom is -0.411 e. The highest BCUT2D eigenvalue weighted by Crippen LogP contribution is 2.25. The van der Waals surface area contributed by atoms with Gasteiger partial charge in [-0.1, -0.05) is 17.8 Å². The third-order valence-corrected chi connectivity index (χ3v) is 6.07. The Hall–Kier alpha value is -2.12. The second-order valence-corrected chi connectivity index (χ2v) is 8.16. The monoisotopic (exact) mass is 387 g/mol. The van der Waals surface area contributed by atoms with Crippen molar-refractivity contribution in [1.82, 2.24) is 15.1 Å². The Bertz CT molecular complexity index is 917. The van der Waals surface area contributed by atoms with Gasteiger partial charge in [0.15, 0.2) is 0 Å².